The molecule has 2 aromatic carbocycles. The Morgan fingerprint density at radius 2 is 2.05 bits per heavy atom. The summed E-state index contributed by atoms with van der Waals surface area (Å²) in [6, 6.07) is 12.4. The predicted molar refractivity (Wildman–Crippen MR) is 81.2 cm³/mol. The number of non-ortho nitro benzene ring substituents is 1. The van der Waals surface area contributed by atoms with Crippen LogP contribution in [0.3, 0.4) is 0 Å². The van der Waals surface area contributed by atoms with E-state index in [1.54, 1.807) is 17.8 Å². The maximum absolute atomic E-state index is 10.7. The van der Waals surface area contributed by atoms with Crippen molar-refractivity contribution in [2.24, 2.45) is 0 Å². The minimum atomic E-state index is -0.410. The molecule has 0 amide bonds. The van der Waals surface area contributed by atoms with Crippen LogP contribution in [-0.2, 0) is 5.75 Å². The normalized spacial score (nSPS) is 10.4. The lowest BCUT2D eigenvalue weighted by Crippen LogP contribution is -1.95. The average Bonchev–Trinajstić information content (AvgIpc) is 2.37. The van der Waals surface area contributed by atoms with Gasteiger partial charge in [0.15, 0.2) is 0 Å². The third-order valence-electron chi connectivity index (χ3n) is 2.53. The molecule has 19 heavy (non-hydrogen) atoms. The Labute approximate surface area is 123 Å². The van der Waals surface area contributed by atoms with Crippen LogP contribution in [0.2, 0.25) is 0 Å². The van der Waals surface area contributed by atoms with Gasteiger partial charge in [-0.2, -0.15) is 0 Å². The van der Waals surface area contributed by atoms with Crippen LogP contribution in [0.25, 0.3) is 0 Å². The van der Waals surface area contributed by atoms with Gasteiger partial charge in [-0.1, -0.05) is 22.0 Å². The van der Waals surface area contributed by atoms with Crippen molar-refractivity contribution >= 4 is 39.1 Å². The first-order valence-corrected chi connectivity index (χ1v) is 7.25. The number of rotatable bonds is 4. The van der Waals surface area contributed by atoms with E-state index in [1.807, 2.05) is 24.3 Å². The van der Waals surface area contributed by atoms with Gasteiger partial charge in [-0.25, -0.2) is 0 Å². The Morgan fingerprint density at radius 1 is 1.26 bits per heavy atom. The summed E-state index contributed by atoms with van der Waals surface area (Å²) in [6.45, 7) is 0. The molecule has 0 aromatic heterocycles. The molecular weight excluding hydrogens is 328 g/mol. The molecule has 0 unspecified atom stereocenters. The van der Waals surface area contributed by atoms with Crippen LogP contribution in [-0.4, -0.2) is 4.92 Å². The third-order valence-corrected chi connectivity index (χ3v) is 4.06. The van der Waals surface area contributed by atoms with Crippen LogP contribution >= 0.6 is 27.7 Å². The zero-order valence-electron chi connectivity index (χ0n) is 9.88. The Morgan fingerprint density at radius 3 is 2.74 bits per heavy atom. The zero-order chi connectivity index (χ0) is 13.8. The van der Waals surface area contributed by atoms with Gasteiger partial charge in [0.25, 0.3) is 5.69 Å². The van der Waals surface area contributed by atoms with Crippen LogP contribution in [0, 0.1) is 10.1 Å². The van der Waals surface area contributed by atoms with Gasteiger partial charge in [0.1, 0.15) is 0 Å². The molecule has 6 heteroatoms. The number of benzene rings is 2. The molecule has 2 aromatic rings. The Kier molecular flexibility index (Phi) is 4.44. The van der Waals surface area contributed by atoms with Crippen molar-refractivity contribution in [3.63, 3.8) is 0 Å². The largest absolute Gasteiger partial charge is 0.398 e. The number of nitrogens with two attached hydrogens (primary N) is 1. The SMILES string of the molecule is Nc1ccc([N+](=O)[O-])cc1CSc1cccc(Br)c1. The Hall–Kier alpha value is -1.53. The highest BCUT2D eigenvalue weighted by Gasteiger charge is 2.09. The van der Waals surface area contributed by atoms with Crippen molar-refractivity contribution in [1.82, 2.24) is 0 Å². The topological polar surface area (TPSA) is 69.2 Å². The number of hydrogen-bond acceptors (Lipinski definition) is 4. The summed E-state index contributed by atoms with van der Waals surface area (Å²) in [5.41, 5.74) is 7.26. The zero-order valence-corrected chi connectivity index (χ0v) is 12.3. The molecule has 4 nitrogen and oxygen atoms in total. The van der Waals surface area contributed by atoms with E-state index >= 15 is 0 Å². The molecular formula is C13H11BrN2O2S. The molecule has 0 saturated carbocycles. The highest BCUT2D eigenvalue weighted by molar-refractivity contribution is 9.10. The number of nitro groups is 1. The first-order valence-electron chi connectivity index (χ1n) is 5.47. The van der Waals surface area contributed by atoms with Gasteiger partial charge in [0, 0.05) is 32.9 Å². The second-order valence-corrected chi connectivity index (χ2v) is 5.85. The van der Waals surface area contributed by atoms with Crippen molar-refractivity contribution < 1.29 is 4.92 Å². The average molecular weight is 339 g/mol. The molecule has 0 aliphatic rings. The summed E-state index contributed by atoms with van der Waals surface area (Å²) in [5.74, 6) is 0.601. The second kappa shape index (κ2) is 6.08. The quantitative estimate of drug-likeness (QED) is 0.392. The maximum Gasteiger partial charge on any atom is 0.269 e. The van der Waals surface area contributed by atoms with E-state index in [4.69, 9.17) is 5.73 Å². The summed E-state index contributed by atoms with van der Waals surface area (Å²) in [4.78, 5) is 11.4. The van der Waals surface area contributed by atoms with Crippen LogP contribution in [0.1, 0.15) is 5.56 Å². The highest BCUT2D eigenvalue weighted by atomic mass is 79.9. The number of nitrogen functional groups attached to an aromatic ring is 1. The van der Waals surface area contributed by atoms with Crippen LogP contribution < -0.4 is 5.73 Å². The first kappa shape index (κ1) is 13.9. The number of thioether (sulfide) groups is 1. The summed E-state index contributed by atoms with van der Waals surface area (Å²) in [6.07, 6.45) is 0. The van der Waals surface area contributed by atoms with E-state index in [-0.39, 0.29) is 5.69 Å². The fraction of sp³-hybridized carbons (Fsp3) is 0.0769. The molecule has 0 atom stereocenters. The maximum atomic E-state index is 10.7. The molecule has 2 N–H and O–H groups in total. The number of nitrogens with zero attached hydrogens (tertiary/aromatic N) is 1. The van der Waals surface area contributed by atoms with Gasteiger partial charge in [-0.05, 0) is 29.8 Å². The Balaban J connectivity index is 2.15. The molecule has 0 spiro atoms. The van der Waals surface area contributed by atoms with Gasteiger partial charge >= 0.3 is 0 Å². The second-order valence-electron chi connectivity index (χ2n) is 3.89. The van der Waals surface area contributed by atoms with Gasteiger partial charge in [-0.15, -0.1) is 11.8 Å². The van der Waals surface area contributed by atoms with Crippen molar-refractivity contribution in [3.8, 4) is 0 Å². The van der Waals surface area contributed by atoms with Gasteiger partial charge in [0.05, 0.1) is 4.92 Å². The monoisotopic (exact) mass is 338 g/mol. The molecule has 2 rings (SSSR count). The van der Waals surface area contributed by atoms with Crippen molar-refractivity contribution in [2.45, 2.75) is 10.6 Å². The van der Waals surface area contributed by atoms with Crippen LogP contribution in [0.4, 0.5) is 11.4 Å². The van der Waals surface area contributed by atoms with Gasteiger partial charge in [0.2, 0.25) is 0 Å². The molecule has 0 aliphatic heterocycles. The molecule has 98 valence electrons. The summed E-state index contributed by atoms with van der Waals surface area (Å²) < 4.78 is 1.00. The molecule has 0 saturated heterocycles. The molecule has 0 bridgehead atoms. The predicted octanol–water partition coefficient (Wildman–Crippen LogP) is 4.23. The lowest BCUT2D eigenvalue weighted by atomic mass is 10.2. The number of nitro benzene ring substituents is 1. The summed E-state index contributed by atoms with van der Waals surface area (Å²) in [5, 5.41) is 10.7. The van der Waals surface area contributed by atoms with Crippen LogP contribution in [0.5, 0.6) is 0 Å². The fourth-order valence-electron chi connectivity index (χ4n) is 1.55. The smallest absolute Gasteiger partial charge is 0.269 e. The summed E-state index contributed by atoms with van der Waals surface area (Å²) >= 11 is 5.00. The van der Waals surface area contributed by atoms with E-state index in [0.717, 1.165) is 14.9 Å². The van der Waals surface area contributed by atoms with Crippen molar-refractivity contribution in [3.05, 3.63) is 62.6 Å². The van der Waals surface area contributed by atoms with Gasteiger partial charge in [-0.3, -0.25) is 10.1 Å². The molecule has 0 radical (unpaired) electrons. The summed E-state index contributed by atoms with van der Waals surface area (Å²) in [7, 11) is 0. The first-order chi connectivity index (χ1) is 9.06. The molecule has 0 fully saturated rings. The van der Waals surface area contributed by atoms with E-state index in [0.29, 0.717) is 11.4 Å². The minimum absolute atomic E-state index is 0.0686. The third kappa shape index (κ3) is 3.71. The van der Waals surface area contributed by atoms with Crippen LogP contribution in [0.15, 0.2) is 51.8 Å². The minimum Gasteiger partial charge on any atom is -0.398 e. The highest BCUT2D eigenvalue weighted by Crippen LogP contribution is 2.29. The lowest BCUT2D eigenvalue weighted by Gasteiger charge is -2.06. The van der Waals surface area contributed by atoms with Gasteiger partial charge < -0.3 is 5.73 Å². The van der Waals surface area contributed by atoms with E-state index in [9.17, 15) is 10.1 Å². The molecule has 0 heterocycles. The van der Waals surface area contributed by atoms with E-state index in [1.165, 1.54) is 12.1 Å². The standard InChI is InChI=1S/C13H11BrN2O2S/c14-10-2-1-3-12(7-10)19-8-9-6-11(16(17)18)4-5-13(9)15/h1-7H,8,15H2. The van der Waals surface area contributed by atoms with E-state index in [2.05, 4.69) is 15.9 Å². The lowest BCUT2D eigenvalue weighted by molar-refractivity contribution is -0.384. The van der Waals surface area contributed by atoms with E-state index < -0.39 is 4.92 Å². The molecule has 0 aliphatic carbocycles. The van der Waals surface area contributed by atoms with Crippen molar-refractivity contribution in [2.75, 3.05) is 5.73 Å². The fourth-order valence-corrected chi connectivity index (χ4v) is 3.06. The Bertz CT molecular complexity index is 619. The number of halogens is 1. The van der Waals surface area contributed by atoms with Crippen molar-refractivity contribution in [1.29, 1.82) is 0 Å². The number of anilines is 1. The number of hydrogen-bond donors (Lipinski definition) is 1.